The molecule has 0 aliphatic rings. The van der Waals surface area contributed by atoms with E-state index in [1.807, 2.05) is 6.92 Å². The Balaban J connectivity index is 2.19. The number of aryl methyl sites for hydroxylation is 1. The number of H-pyrrole nitrogens is 1. The van der Waals surface area contributed by atoms with Crippen LogP contribution in [0.3, 0.4) is 0 Å². The van der Waals surface area contributed by atoms with E-state index in [9.17, 15) is 4.79 Å². The average molecular weight is 295 g/mol. The van der Waals surface area contributed by atoms with Crippen LogP contribution in [0.4, 0.5) is 11.5 Å². The first-order chi connectivity index (χ1) is 8.04. The summed E-state index contributed by atoms with van der Waals surface area (Å²) in [5, 5.41) is 9.35. The van der Waals surface area contributed by atoms with Gasteiger partial charge in [-0.3, -0.25) is 9.89 Å². The average Bonchev–Trinajstić information content (AvgIpc) is 2.62. The third kappa shape index (κ3) is 2.85. The van der Waals surface area contributed by atoms with Crippen molar-refractivity contribution in [3.05, 3.63) is 40.0 Å². The molecule has 5 nitrogen and oxygen atoms in total. The van der Waals surface area contributed by atoms with Crippen molar-refractivity contribution in [2.45, 2.75) is 6.92 Å². The lowest BCUT2D eigenvalue weighted by molar-refractivity contribution is 0.102. The quantitative estimate of drug-likeness (QED) is 0.743. The number of anilines is 2. The largest absolute Gasteiger partial charge is 0.399 e. The van der Waals surface area contributed by atoms with Crippen molar-refractivity contribution in [3.8, 4) is 0 Å². The first-order valence-corrected chi connectivity index (χ1v) is 5.73. The van der Waals surface area contributed by atoms with Crippen LogP contribution in [0.1, 0.15) is 16.1 Å². The summed E-state index contributed by atoms with van der Waals surface area (Å²) in [6, 6.07) is 6.79. The van der Waals surface area contributed by atoms with Crippen LogP contribution in [0.2, 0.25) is 0 Å². The van der Waals surface area contributed by atoms with Gasteiger partial charge in [-0.2, -0.15) is 5.10 Å². The van der Waals surface area contributed by atoms with E-state index in [0.717, 1.165) is 10.2 Å². The molecule has 0 saturated carbocycles. The Morgan fingerprint density at radius 3 is 2.76 bits per heavy atom. The van der Waals surface area contributed by atoms with Crippen molar-refractivity contribution in [3.63, 3.8) is 0 Å². The maximum Gasteiger partial charge on any atom is 0.256 e. The molecule has 0 unspecified atom stereocenters. The van der Waals surface area contributed by atoms with Crippen LogP contribution < -0.4 is 11.1 Å². The minimum absolute atomic E-state index is 0.246. The van der Waals surface area contributed by atoms with Gasteiger partial charge in [0.05, 0.1) is 0 Å². The highest BCUT2D eigenvalue weighted by Gasteiger charge is 2.09. The lowest BCUT2D eigenvalue weighted by Crippen LogP contribution is -2.12. The summed E-state index contributed by atoms with van der Waals surface area (Å²) in [6.07, 6.45) is 0. The molecule has 6 heteroatoms. The molecule has 0 fully saturated rings. The molecule has 0 radical (unpaired) electrons. The normalized spacial score (nSPS) is 10.2. The second-order valence-corrected chi connectivity index (χ2v) is 4.58. The van der Waals surface area contributed by atoms with Crippen LogP contribution in [0, 0.1) is 6.92 Å². The number of amides is 1. The minimum Gasteiger partial charge on any atom is -0.399 e. The van der Waals surface area contributed by atoms with Gasteiger partial charge in [-0.25, -0.2) is 0 Å². The molecule has 88 valence electrons. The van der Waals surface area contributed by atoms with E-state index >= 15 is 0 Å². The van der Waals surface area contributed by atoms with Crippen LogP contribution >= 0.6 is 15.9 Å². The molecule has 1 amide bonds. The van der Waals surface area contributed by atoms with Gasteiger partial charge in [-0.1, -0.05) is 15.9 Å². The number of aromatic amines is 1. The lowest BCUT2D eigenvalue weighted by atomic mass is 10.2. The number of rotatable bonds is 2. The molecule has 0 spiro atoms. The molecule has 1 aromatic carbocycles. The standard InChI is InChI=1S/C11H11BrN4O/c1-6-2-10(16-15-6)14-11(17)7-3-8(12)5-9(13)4-7/h2-5H,13H2,1H3,(H2,14,15,16,17). The molecule has 2 rings (SSSR count). The highest BCUT2D eigenvalue weighted by atomic mass is 79.9. The summed E-state index contributed by atoms with van der Waals surface area (Å²) in [5.74, 6) is 0.246. The zero-order valence-corrected chi connectivity index (χ0v) is 10.7. The highest BCUT2D eigenvalue weighted by molar-refractivity contribution is 9.10. The molecule has 0 aliphatic carbocycles. The van der Waals surface area contributed by atoms with E-state index in [1.165, 1.54) is 0 Å². The van der Waals surface area contributed by atoms with Gasteiger partial charge in [0, 0.05) is 27.5 Å². The van der Waals surface area contributed by atoms with Gasteiger partial charge in [-0.05, 0) is 25.1 Å². The third-order valence-electron chi connectivity index (χ3n) is 2.13. The second kappa shape index (κ2) is 4.58. The monoisotopic (exact) mass is 294 g/mol. The molecule has 1 heterocycles. The molecule has 17 heavy (non-hydrogen) atoms. The van der Waals surface area contributed by atoms with Crippen LogP contribution in [0.5, 0.6) is 0 Å². The van der Waals surface area contributed by atoms with Gasteiger partial charge in [-0.15, -0.1) is 0 Å². The van der Waals surface area contributed by atoms with Crippen molar-refractivity contribution >= 4 is 33.3 Å². The van der Waals surface area contributed by atoms with Gasteiger partial charge in [0.25, 0.3) is 5.91 Å². The van der Waals surface area contributed by atoms with Crippen LogP contribution in [0.25, 0.3) is 0 Å². The number of carbonyl (C=O) groups excluding carboxylic acids is 1. The van der Waals surface area contributed by atoms with Crippen LogP contribution in [-0.4, -0.2) is 16.1 Å². The Labute approximate surface area is 107 Å². The topological polar surface area (TPSA) is 83.8 Å². The first kappa shape index (κ1) is 11.7. The maximum absolute atomic E-state index is 11.9. The van der Waals surface area contributed by atoms with E-state index in [-0.39, 0.29) is 5.91 Å². The highest BCUT2D eigenvalue weighted by Crippen LogP contribution is 2.18. The number of nitrogens with zero attached hydrogens (tertiary/aromatic N) is 1. The summed E-state index contributed by atoms with van der Waals surface area (Å²) in [7, 11) is 0. The summed E-state index contributed by atoms with van der Waals surface area (Å²) < 4.78 is 0.765. The Bertz CT molecular complexity index is 544. The fourth-order valence-corrected chi connectivity index (χ4v) is 1.92. The van der Waals surface area contributed by atoms with Gasteiger partial charge in [0.15, 0.2) is 5.82 Å². The molecule has 0 bridgehead atoms. The van der Waals surface area contributed by atoms with E-state index in [0.29, 0.717) is 17.1 Å². The van der Waals surface area contributed by atoms with E-state index in [2.05, 4.69) is 31.4 Å². The summed E-state index contributed by atoms with van der Waals surface area (Å²) in [4.78, 5) is 11.9. The summed E-state index contributed by atoms with van der Waals surface area (Å²) in [5.41, 5.74) is 7.56. The van der Waals surface area contributed by atoms with Gasteiger partial charge in [0.2, 0.25) is 0 Å². The molecule has 0 aliphatic heterocycles. The zero-order chi connectivity index (χ0) is 12.4. The van der Waals surface area contributed by atoms with E-state index in [4.69, 9.17) is 5.73 Å². The Hall–Kier alpha value is -1.82. The fourth-order valence-electron chi connectivity index (χ4n) is 1.41. The smallest absolute Gasteiger partial charge is 0.256 e. The number of nitrogens with two attached hydrogens (primary N) is 1. The maximum atomic E-state index is 11.9. The first-order valence-electron chi connectivity index (χ1n) is 4.94. The number of nitrogen functional groups attached to an aromatic ring is 1. The fraction of sp³-hybridized carbons (Fsp3) is 0.0909. The van der Waals surface area contributed by atoms with Gasteiger partial charge >= 0.3 is 0 Å². The molecule has 2 aromatic rings. The number of hydrogen-bond donors (Lipinski definition) is 3. The predicted molar refractivity (Wildman–Crippen MR) is 69.8 cm³/mol. The van der Waals surface area contributed by atoms with E-state index in [1.54, 1.807) is 24.3 Å². The molecule has 4 N–H and O–H groups in total. The number of hydrogen-bond acceptors (Lipinski definition) is 3. The number of benzene rings is 1. The summed E-state index contributed by atoms with van der Waals surface area (Å²) >= 11 is 3.29. The van der Waals surface area contributed by atoms with Gasteiger partial charge < -0.3 is 11.1 Å². The third-order valence-corrected chi connectivity index (χ3v) is 2.59. The van der Waals surface area contributed by atoms with Crippen LogP contribution in [-0.2, 0) is 0 Å². The SMILES string of the molecule is Cc1cc(NC(=O)c2cc(N)cc(Br)c2)n[nH]1. The Kier molecular flexibility index (Phi) is 3.14. The minimum atomic E-state index is -0.246. The van der Waals surface area contributed by atoms with Crippen molar-refractivity contribution in [2.24, 2.45) is 0 Å². The number of halogens is 1. The number of carbonyl (C=O) groups is 1. The number of aromatic nitrogens is 2. The van der Waals surface area contributed by atoms with E-state index < -0.39 is 0 Å². The molecule has 0 saturated heterocycles. The predicted octanol–water partition coefficient (Wildman–Crippen LogP) is 2.32. The second-order valence-electron chi connectivity index (χ2n) is 3.66. The molecule has 0 atom stereocenters. The van der Waals surface area contributed by atoms with Crippen LogP contribution in [0.15, 0.2) is 28.7 Å². The van der Waals surface area contributed by atoms with Crippen molar-refractivity contribution in [2.75, 3.05) is 11.1 Å². The van der Waals surface area contributed by atoms with Crippen molar-refractivity contribution < 1.29 is 4.79 Å². The lowest BCUT2D eigenvalue weighted by Gasteiger charge is -2.03. The zero-order valence-electron chi connectivity index (χ0n) is 9.12. The van der Waals surface area contributed by atoms with Crippen molar-refractivity contribution in [1.29, 1.82) is 0 Å². The molecule has 1 aromatic heterocycles. The molecular formula is C11H11BrN4O. The number of nitrogens with one attached hydrogen (secondary N) is 2. The van der Waals surface area contributed by atoms with Gasteiger partial charge in [0.1, 0.15) is 0 Å². The summed E-state index contributed by atoms with van der Waals surface area (Å²) in [6.45, 7) is 1.86. The van der Waals surface area contributed by atoms with Crippen molar-refractivity contribution in [1.82, 2.24) is 10.2 Å². The molecular weight excluding hydrogens is 284 g/mol. The Morgan fingerprint density at radius 1 is 1.41 bits per heavy atom. The Morgan fingerprint density at radius 2 is 2.18 bits per heavy atom.